The van der Waals surface area contributed by atoms with E-state index in [1.807, 2.05) is 18.7 Å². The Morgan fingerprint density at radius 1 is 1.33 bits per heavy atom. The normalized spacial score (nSPS) is 22.9. The predicted molar refractivity (Wildman–Crippen MR) is 88.1 cm³/mol. The molecule has 0 saturated carbocycles. The minimum absolute atomic E-state index is 0.0420. The maximum absolute atomic E-state index is 13.6. The largest absolute Gasteiger partial charge is 0.369 e. The fourth-order valence-electron chi connectivity index (χ4n) is 3.90. The van der Waals surface area contributed by atoms with Crippen LogP contribution in [0.25, 0.3) is 0 Å². The van der Waals surface area contributed by atoms with Crippen LogP contribution in [0.15, 0.2) is 24.3 Å². The van der Waals surface area contributed by atoms with E-state index in [1.54, 1.807) is 17.0 Å². The molecule has 0 N–H and O–H groups in total. The van der Waals surface area contributed by atoms with Gasteiger partial charge in [0.2, 0.25) is 5.91 Å². The SMILES string of the molecule is COC1C(=O)N(c2cccc(F)c2)C12CCN(C(=O)C(C)C)CC2. The number of carbonyl (C=O) groups is 2. The molecular formula is C18H23FN2O3. The second-order valence-corrected chi connectivity index (χ2v) is 6.85. The van der Waals surface area contributed by atoms with Crippen molar-refractivity contribution in [2.75, 3.05) is 25.1 Å². The van der Waals surface area contributed by atoms with E-state index in [-0.39, 0.29) is 23.5 Å². The monoisotopic (exact) mass is 334 g/mol. The standard InChI is InChI=1S/C18H23FN2O3/c1-12(2)16(22)20-9-7-18(8-10-20)15(24-3)17(23)21(18)14-6-4-5-13(19)11-14/h4-6,11-12,15H,7-10H2,1-3H3. The molecule has 1 unspecified atom stereocenters. The van der Waals surface area contributed by atoms with Crippen molar-refractivity contribution in [3.05, 3.63) is 30.1 Å². The zero-order chi connectivity index (χ0) is 17.5. The number of carbonyl (C=O) groups excluding carboxylic acids is 2. The van der Waals surface area contributed by atoms with Crippen LogP contribution in [0.4, 0.5) is 10.1 Å². The van der Waals surface area contributed by atoms with Gasteiger partial charge in [-0.1, -0.05) is 19.9 Å². The molecule has 0 radical (unpaired) electrons. The van der Waals surface area contributed by atoms with E-state index in [2.05, 4.69) is 0 Å². The third-order valence-corrected chi connectivity index (χ3v) is 5.12. The van der Waals surface area contributed by atoms with Gasteiger partial charge in [0.1, 0.15) is 5.82 Å². The molecule has 2 saturated heterocycles. The van der Waals surface area contributed by atoms with Crippen LogP contribution in [-0.4, -0.2) is 48.6 Å². The fourth-order valence-corrected chi connectivity index (χ4v) is 3.90. The van der Waals surface area contributed by atoms with Crippen LogP contribution in [0.2, 0.25) is 0 Å². The minimum Gasteiger partial charge on any atom is -0.369 e. The number of hydrogen-bond donors (Lipinski definition) is 0. The molecule has 1 atom stereocenters. The fraction of sp³-hybridized carbons (Fsp3) is 0.556. The second-order valence-electron chi connectivity index (χ2n) is 6.85. The lowest BCUT2D eigenvalue weighted by Crippen LogP contribution is -2.78. The maximum atomic E-state index is 13.6. The van der Waals surface area contributed by atoms with Crippen LogP contribution in [0.1, 0.15) is 26.7 Å². The Kier molecular flexibility index (Phi) is 4.34. The molecular weight excluding hydrogens is 311 g/mol. The average Bonchev–Trinajstić information content (AvgIpc) is 2.55. The van der Waals surface area contributed by atoms with Crippen molar-refractivity contribution in [1.82, 2.24) is 4.90 Å². The van der Waals surface area contributed by atoms with Crippen LogP contribution in [0.3, 0.4) is 0 Å². The number of rotatable bonds is 3. The van der Waals surface area contributed by atoms with Crippen molar-refractivity contribution in [2.24, 2.45) is 5.92 Å². The Morgan fingerprint density at radius 3 is 2.54 bits per heavy atom. The number of anilines is 1. The predicted octanol–water partition coefficient (Wildman–Crippen LogP) is 2.20. The van der Waals surface area contributed by atoms with Gasteiger partial charge in [-0.25, -0.2) is 4.39 Å². The van der Waals surface area contributed by atoms with E-state index in [0.29, 0.717) is 31.6 Å². The van der Waals surface area contributed by atoms with Gasteiger partial charge in [0.15, 0.2) is 6.10 Å². The lowest BCUT2D eigenvalue weighted by molar-refractivity contribution is -0.153. The van der Waals surface area contributed by atoms with E-state index >= 15 is 0 Å². The minimum atomic E-state index is -0.530. The van der Waals surface area contributed by atoms with E-state index in [0.717, 1.165) is 0 Å². The van der Waals surface area contributed by atoms with Crippen LogP contribution >= 0.6 is 0 Å². The van der Waals surface area contributed by atoms with Gasteiger partial charge in [-0.15, -0.1) is 0 Å². The average molecular weight is 334 g/mol. The van der Waals surface area contributed by atoms with Gasteiger partial charge in [0.25, 0.3) is 5.91 Å². The van der Waals surface area contributed by atoms with E-state index in [1.165, 1.54) is 19.2 Å². The molecule has 0 aliphatic carbocycles. The number of ether oxygens (including phenoxy) is 1. The summed E-state index contributed by atoms with van der Waals surface area (Å²) in [5.41, 5.74) is 0.0600. The van der Waals surface area contributed by atoms with E-state index in [9.17, 15) is 14.0 Å². The molecule has 0 bridgehead atoms. The first-order valence-electron chi connectivity index (χ1n) is 8.32. The third kappa shape index (κ3) is 2.49. The number of hydrogen-bond acceptors (Lipinski definition) is 3. The summed E-state index contributed by atoms with van der Waals surface area (Å²) in [4.78, 5) is 28.2. The van der Waals surface area contributed by atoms with Crippen LogP contribution < -0.4 is 4.90 Å². The number of likely N-dealkylation sites (tertiary alicyclic amines) is 1. The Bertz CT molecular complexity index is 653. The highest BCUT2D eigenvalue weighted by molar-refractivity contribution is 6.06. The number of methoxy groups -OCH3 is 1. The quantitative estimate of drug-likeness (QED) is 0.796. The zero-order valence-electron chi connectivity index (χ0n) is 14.3. The van der Waals surface area contributed by atoms with Crippen molar-refractivity contribution in [2.45, 2.75) is 38.3 Å². The van der Waals surface area contributed by atoms with Gasteiger partial charge >= 0.3 is 0 Å². The molecule has 2 amide bonds. The first-order chi connectivity index (χ1) is 11.4. The summed E-state index contributed by atoms with van der Waals surface area (Å²) >= 11 is 0. The van der Waals surface area contributed by atoms with Crippen molar-refractivity contribution in [3.8, 4) is 0 Å². The van der Waals surface area contributed by atoms with Gasteiger partial charge < -0.3 is 14.5 Å². The smallest absolute Gasteiger partial charge is 0.259 e. The third-order valence-electron chi connectivity index (χ3n) is 5.12. The summed E-state index contributed by atoms with van der Waals surface area (Å²) in [7, 11) is 1.53. The molecule has 24 heavy (non-hydrogen) atoms. The summed E-state index contributed by atoms with van der Waals surface area (Å²) in [5.74, 6) is -0.433. The summed E-state index contributed by atoms with van der Waals surface area (Å²) < 4.78 is 19.0. The molecule has 0 aromatic heterocycles. The van der Waals surface area contributed by atoms with Crippen molar-refractivity contribution < 1.29 is 18.7 Å². The number of nitrogens with zero attached hydrogens (tertiary/aromatic N) is 2. The maximum Gasteiger partial charge on any atom is 0.259 e. The molecule has 2 heterocycles. The molecule has 5 nitrogen and oxygen atoms in total. The molecule has 1 spiro atoms. The van der Waals surface area contributed by atoms with Crippen LogP contribution in [0.5, 0.6) is 0 Å². The summed E-state index contributed by atoms with van der Waals surface area (Å²) in [5, 5.41) is 0. The Balaban J connectivity index is 1.84. The molecule has 1 aromatic rings. The van der Waals surface area contributed by atoms with Crippen molar-refractivity contribution >= 4 is 17.5 Å². The van der Waals surface area contributed by atoms with Crippen molar-refractivity contribution in [3.63, 3.8) is 0 Å². The molecule has 2 fully saturated rings. The molecule has 130 valence electrons. The molecule has 2 aliphatic rings. The first kappa shape index (κ1) is 16.9. The number of piperidine rings is 1. The summed E-state index contributed by atoms with van der Waals surface area (Å²) in [6, 6.07) is 6.07. The van der Waals surface area contributed by atoms with Gasteiger partial charge in [-0.3, -0.25) is 9.59 Å². The molecule has 6 heteroatoms. The van der Waals surface area contributed by atoms with Gasteiger partial charge in [-0.2, -0.15) is 0 Å². The number of benzene rings is 1. The highest BCUT2D eigenvalue weighted by Crippen LogP contribution is 2.45. The zero-order valence-corrected chi connectivity index (χ0v) is 14.3. The molecule has 1 aromatic carbocycles. The molecule has 2 aliphatic heterocycles. The summed E-state index contributed by atoms with van der Waals surface area (Å²) in [6.45, 7) is 4.93. The molecule has 3 rings (SSSR count). The van der Waals surface area contributed by atoms with Gasteiger partial charge in [0, 0.05) is 31.8 Å². The highest BCUT2D eigenvalue weighted by atomic mass is 19.1. The lowest BCUT2D eigenvalue weighted by atomic mass is 9.72. The van der Waals surface area contributed by atoms with Gasteiger partial charge in [-0.05, 0) is 31.0 Å². The van der Waals surface area contributed by atoms with E-state index in [4.69, 9.17) is 4.74 Å². The van der Waals surface area contributed by atoms with Gasteiger partial charge in [0.05, 0.1) is 5.54 Å². The Hall–Kier alpha value is -1.95. The van der Waals surface area contributed by atoms with Crippen LogP contribution in [-0.2, 0) is 14.3 Å². The van der Waals surface area contributed by atoms with E-state index < -0.39 is 11.6 Å². The topological polar surface area (TPSA) is 49.9 Å². The highest BCUT2D eigenvalue weighted by Gasteiger charge is 2.62. The van der Waals surface area contributed by atoms with Crippen LogP contribution in [0, 0.1) is 11.7 Å². The Morgan fingerprint density at radius 2 is 2.00 bits per heavy atom. The summed E-state index contributed by atoms with van der Waals surface area (Å²) in [6.07, 6.45) is 0.732. The number of halogens is 1. The number of β-lactam (4-membered cyclic amide) rings is 1. The Labute approximate surface area is 141 Å². The number of amides is 2. The first-order valence-corrected chi connectivity index (χ1v) is 8.32. The van der Waals surface area contributed by atoms with Crippen molar-refractivity contribution in [1.29, 1.82) is 0 Å². The second kappa shape index (κ2) is 6.16. The lowest BCUT2D eigenvalue weighted by Gasteiger charge is -2.59.